The maximum atomic E-state index is 16.7. The second-order valence-electron chi connectivity index (χ2n) is 11.3. The summed E-state index contributed by atoms with van der Waals surface area (Å²) in [6, 6.07) is 15.3. The molecule has 8 heteroatoms. The minimum atomic E-state index is -0.379. The Bertz CT molecular complexity index is 1550. The third-order valence-corrected chi connectivity index (χ3v) is 8.92. The number of fused-ring (bicyclic) bond motifs is 4. The number of aryl methyl sites for hydroxylation is 1. The van der Waals surface area contributed by atoms with E-state index in [9.17, 15) is 0 Å². The minimum absolute atomic E-state index is 0.342. The molecule has 3 aliphatic rings. The standard InChI is InChI=1S/C30H32ClFN6/c1-17-6-4-7-18-8-5-9-22(25(17)18)26-24(31)12-23-28(27(26)32)34-30(38-15-21(16-38)36(2)3)35-29(23)37-13-19-10-11-20(14-37)33-19/h4-9,12,19-21,33H,10-11,13-16H2,1-3H3/t19-,20+. The lowest BCUT2D eigenvalue weighted by Gasteiger charge is -2.43. The molecule has 2 atom stereocenters. The van der Waals surface area contributed by atoms with Crippen LogP contribution in [0.2, 0.25) is 5.02 Å². The van der Waals surface area contributed by atoms with Gasteiger partial charge >= 0.3 is 0 Å². The molecule has 1 aromatic heterocycles. The van der Waals surface area contributed by atoms with Gasteiger partial charge in [0.05, 0.1) is 5.02 Å². The quantitative estimate of drug-likeness (QED) is 0.389. The molecule has 6 nitrogen and oxygen atoms in total. The molecule has 4 heterocycles. The Morgan fingerprint density at radius 3 is 2.39 bits per heavy atom. The number of likely N-dealkylation sites (N-methyl/N-ethyl adjacent to an activating group) is 1. The van der Waals surface area contributed by atoms with Crippen molar-refractivity contribution in [3.8, 4) is 11.1 Å². The van der Waals surface area contributed by atoms with Gasteiger partial charge in [0.2, 0.25) is 5.95 Å². The van der Waals surface area contributed by atoms with E-state index in [1.54, 1.807) is 0 Å². The average Bonchev–Trinajstić information content (AvgIpc) is 3.20. The summed E-state index contributed by atoms with van der Waals surface area (Å²) in [6.45, 7) is 5.42. The van der Waals surface area contributed by atoms with Crippen molar-refractivity contribution in [3.63, 3.8) is 0 Å². The first-order valence-corrected chi connectivity index (χ1v) is 13.9. The van der Waals surface area contributed by atoms with Crippen LogP contribution in [-0.4, -0.2) is 73.3 Å². The molecule has 3 aromatic carbocycles. The van der Waals surface area contributed by atoms with Gasteiger partial charge in [0, 0.05) is 55.3 Å². The second kappa shape index (κ2) is 9.04. The molecule has 3 aliphatic heterocycles. The van der Waals surface area contributed by atoms with Crippen LogP contribution in [0.5, 0.6) is 0 Å². The number of hydrogen-bond acceptors (Lipinski definition) is 6. The summed E-state index contributed by atoms with van der Waals surface area (Å²) >= 11 is 6.93. The van der Waals surface area contributed by atoms with Crippen molar-refractivity contribution in [1.29, 1.82) is 0 Å². The van der Waals surface area contributed by atoms with E-state index in [0.717, 1.165) is 66.7 Å². The zero-order valence-corrected chi connectivity index (χ0v) is 22.8. The Labute approximate surface area is 227 Å². The lowest BCUT2D eigenvalue weighted by atomic mass is 9.94. The maximum absolute atomic E-state index is 16.7. The van der Waals surface area contributed by atoms with Crippen molar-refractivity contribution in [2.75, 3.05) is 50.1 Å². The molecule has 2 bridgehead atoms. The van der Waals surface area contributed by atoms with E-state index in [4.69, 9.17) is 21.6 Å². The summed E-state index contributed by atoms with van der Waals surface area (Å²) in [5.74, 6) is 1.01. The van der Waals surface area contributed by atoms with E-state index in [1.165, 1.54) is 0 Å². The second-order valence-corrected chi connectivity index (χ2v) is 11.7. The third kappa shape index (κ3) is 3.82. The summed E-state index contributed by atoms with van der Waals surface area (Å²) in [5, 5.41) is 6.84. The Balaban J connectivity index is 1.43. The number of halogens is 2. The number of piperazine rings is 1. The normalized spacial score (nSPS) is 21.6. The summed E-state index contributed by atoms with van der Waals surface area (Å²) in [5.41, 5.74) is 2.63. The van der Waals surface area contributed by atoms with Gasteiger partial charge in [0.25, 0.3) is 0 Å². The molecule has 0 radical (unpaired) electrons. The van der Waals surface area contributed by atoms with Gasteiger partial charge in [-0.25, -0.2) is 9.37 Å². The van der Waals surface area contributed by atoms with Crippen LogP contribution in [0.25, 0.3) is 32.8 Å². The molecule has 38 heavy (non-hydrogen) atoms. The number of nitrogens with one attached hydrogen (secondary N) is 1. The van der Waals surface area contributed by atoms with Crippen molar-refractivity contribution in [1.82, 2.24) is 20.2 Å². The van der Waals surface area contributed by atoms with Crippen molar-refractivity contribution < 1.29 is 4.39 Å². The van der Waals surface area contributed by atoms with Gasteiger partial charge in [-0.2, -0.15) is 4.98 Å². The zero-order chi connectivity index (χ0) is 26.1. The largest absolute Gasteiger partial charge is 0.353 e. The van der Waals surface area contributed by atoms with Gasteiger partial charge in [0.15, 0.2) is 5.82 Å². The lowest BCUT2D eigenvalue weighted by molar-refractivity contribution is 0.245. The molecular weight excluding hydrogens is 499 g/mol. The number of aromatic nitrogens is 2. The zero-order valence-electron chi connectivity index (χ0n) is 22.0. The van der Waals surface area contributed by atoms with Crippen LogP contribution < -0.4 is 15.1 Å². The van der Waals surface area contributed by atoms with Crippen LogP contribution in [-0.2, 0) is 0 Å². The van der Waals surface area contributed by atoms with Crippen molar-refractivity contribution in [3.05, 3.63) is 58.9 Å². The van der Waals surface area contributed by atoms with Gasteiger partial charge < -0.3 is 20.0 Å². The molecule has 0 amide bonds. The van der Waals surface area contributed by atoms with Crippen molar-refractivity contribution in [2.24, 2.45) is 0 Å². The molecule has 0 spiro atoms. The highest BCUT2D eigenvalue weighted by atomic mass is 35.5. The van der Waals surface area contributed by atoms with Gasteiger partial charge in [-0.1, -0.05) is 48.0 Å². The molecule has 3 saturated heterocycles. The fourth-order valence-corrected chi connectivity index (χ4v) is 6.74. The highest BCUT2D eigenvalue weighted by Crippen LogP contribution is 2.42. The summed E-state index contributed by atoms with van der Waals surface area (Å²) < 4.78 is 16.7. The number of nitrogens with zero attached hydrogens (tertiary/aromatic N) is 5. The Hall–Kier alpha value is -3.00. The first-order chi connectivity index (χ1) is 18.4. The highest BCUT2D eigenvalue weighted by Gasteiger charge is 2.36. The van der Waals surface area contributed by atoms with Gasteiger partial charge in [-0.3, -0.25) is 0 Å². The molecule has 4 aromatic rings. The summed E-state index contributed by atoms with van der Waals surface area (Å²) in [6.07, 6.45) is 2.32. The topological polar surface area (TPSA) is 47.5 Å². The summed E-state index contributed by atoms with van der Waals surface area (Å²) in [4.78, 5) is 16.6. The van der Waals surface area contributed by atoms with E-state index >= 15 is 4.39 Å². The first kappa shape index (κ1) is 24.1. The number of rotatable bonds is 4. The van der Waals surface area contributed by atoms with Crippen molar-refractivity contribution in [2.45, 2.75) is 37.9 Å². The molecule has 1 N–H and O–H groups in total. The fraction of sp³-hybridized carbons (Fsp3) is 0.400. The van der Waals surface area contributed by atoms with E-state index in [0.29, 0.717) is 45.6 Å². The van der Waals surface area contributed by atoms with Crippen LogP contribution in [0.1, 0.15) is 18.4 Å². The van der Waals surface area contributed by atoms with E-state index in [2.05, 4.69) is 59.2 Å². The van der Waals surface area contributed by atoms with E-state index < -0.39 is 0 Å². The fourth-order valence-electron chi connectivity index (χ4n) is 6.45. The smallest absolute Gasteiger partial charge is 0.228 e. The first-order valence-electron chi connectivity index (χ1n) is 13.5. The number of anilines is 2. The molecular formula is C30H32ClFN6. The minimum Gasteiger partial charge on any atom is -0.353 e. The molecule has 196 valence electrons. The van der Waals surface area contributed by atoms with Crippen LogP contribution in [0.4, 0.5) is 16.2 Å². The van der Waals surface area contributed by atoms with E-state index in [1.807, 2.05) is 24.3 Å². The average molecular weight is 531 g/mol. The molecule has 0 unspecified atom stereocenters. The van der Waals surface area contributed by atoms with Gasteiger partial charge in [-0.15, -0.1) is 0 Å². The van der Waals surface area contributed by atoms with E-state index in [-0.39, 0.29) is 5.82 Å². The SMILES string of the molecule is Cc1cccc2cccc(-c3c(Cl)cc4c(N5C[C@H]6CC[C@@H](C5)N6)nc(N5CC(N(C)C)C5)nc4c3F)c12. The Kier molecular flexibility index (Phi) is 5.73. The Morgan fingerprint density at radius 1 is 0.974 bits per heavy atom. The predicted molar refractivity (Wildman–Crippen MR) is 154 cm³/mol. The molecule has 7 rings (SSSR count). The van der Waals surface area contributed by atoms with Crippen LogP contribution in [0.15, 0.2) is 42.5 Å². The van der Waals surface area contributed by atoms with Gasteiger partial charge in [-0.05, 0) is 61.8 Å². The highest BCUT2D eigenvalue weighted by molar-refractivity contribution is 6.35. The maximum Gasteiger partial charge on any atom is 0.228 e. The molecule has 0 aliphatic carbocycles. The van der Waals surface area contributed by atoms with Crippen molar-refractivity contribution >= 4 is 45.0 Å². The third-order valence-electron chi connectivity index (χ3n) is 8.62. The predicted octanol–water partition coefficient (Wildman–Crippen LogP) is 5.24. The molecule has 0 saturated carbocycles. The van der Waals surface area contributed by atoms with Crippen LogP contribution >= 0.6 is 11.6 Å². The number of benzene rings is 3. The van der Waals surface area contributed by atoms with Crippen LogP contribution in [0, 0.1) is 12.7 Å². The summed E-state index contributed by atoms with van der Waals surface area (Å²) in [7, 11) is 4.18. The lowest BCUT2D eigenvalue weighted by Crippen LogP contribution is -2.58. The Morgan fingerprint density at radius 2 is 1.68 bits per heavy atom. The number of hydrogen-bond donors (Lipinski definition) is 1. The van der Waals surface area contributed by atoms with Gasteiger partial charge in [0.1, 0.15) is 11.3 Å². The monoisotopic (exact) mass is 530 g/mol. The molecule has 3 fully saturated rings. The van der Waals surface area contributed by atoms with Crippen LogP contribution in [0.3, 0.4) is 0 Å².